The number of hydrogen-bond acceptors (Lipinski definition) is 1. The van der Waals surface area contributed by atoms with Gasteiger partial charge in [0, 0.05) is 24.8 Å². The molecule has 0 bridgehead atoms. The molecule has 0 spiro atoms. The minimum atomic E-state index is -2.52. The summed E-state index contributed by atoms with van der Waals surface area (Å²) in [4.78, 5) is 11.9. The van der Waals surface area contributed by atoms with Crippen LogP contribution >= 0.6 is 0 Å². The summed E-state index contributed by atoms with van der Waals surface area (Å²) in [5, 5.41) is 2.92. The Hall–Kier alpha value is -0.670. The Morgan fingerprint density at radius 1 is 1.35 bits per heavy atom. The summed E-state index contributed by atoms with van der Waals surface area (Å²) < 4.78 is 25.9. The van der Waals surface area contributed by atoms with E-state index in [-0.39, 0.29) is 30.7 Å². The van der Waals surface area contributed by atoms with Crippen molar-refractivity contribution < 1.29 is 13.6 Å². The van der Waals surface area contributed by atoms with Crippen molar-refractivity contribution in [2.24, 2.45) is 5.92 Å². The predicted octanol–water partition coefficient (Wildman–Crippen LogP) is 3.51. The second kappa shape index (κ2) is 6.31. The van der Waals surface area contributed by atoms with Crippen LogP contribution in [0.1, 0.15) is 58.8 Å². The number of nitrogens with one attached hydrogen (secondary N) is 1. The van der Waals surface area contributed by atoms with Gasteiger partial charge in [-0.05, 0) is 25.7 Å². The molecule has 1 unspecified atom stereocenters. The first kappa shape index (κ1) is 14.4. The average molecular weight is 247 g/mol. The van der Waals surface area contributed by atoms with Crippen LogP contribution < -0.4 is 5.32 Å². The molecule has 0 aromatic rings. The monoisotopic (exact) mass is 247 g/mol. The molecule has 1 aliphatic carbocycles. The highest BCUT2D eigenvalue weighted by Gasteiger charge is 2.35. The molecule has 0 aromatic carbocycles. The first-order chi connectivity index (χ1) is 7.98. The number of carbonyl (C=O) groups is 1. The summed E-state index contributed by atoms with van der Waals surface area (Å²) >= 11 is 0. The molecule has 1 amide bonds. The van der Waals surface area contributed by atoms with Crippen molar-refractivity contribution in [2.75, 3.05) is 0 Å². The Morgan fingerprint density at radius 3 is 2.41 bits per heavy atom. The van der Waals surface area contributed by atoms with Gasteiger partial charge in [0.2, 0.25) is 11.8 Å². The molecule has 1 N–H and O–H groups in total. The predicted molar refractivity (Wildman–Crippen MR) is 64.0 cm³/mol. The van der Waals surface area contributed by atoms with Crippen molar-refractivity contribution in [3.05, 3.63) is 0 Å². The lowest BCUT2D eigenvalue weighted by Crippen LogP contribution is -2.42. The number of halogens is 2. The molecule has 0 aromatic heterocycles. The fraction of sp³-hybridized carbons (Fsp3) is 0.923. The van der Waals surface area contributed by atoms with Crippen LogP contribution in [0.4, 0.5) is 8.78 Å². The highest BCUT2D eigenvalue weighted by atomic mass is 19.3. The third-order valence-corrected chi connectivity index (χ3v) is 3.56. The lowest BCUT2D eigenvalue weighted by atomic mass is 9.91. The van der Waals surface area contributed by atoms with E-state index in [9.17, 15) is 13.6 Å². The van der Waals surface area contributed by atoms with Crippen LogP contribution in [0, 0.1) is 5.92 Å². The van der Waals surface area contributed by atoms with E-state index < -0.39 is 5.92 Å². The summed E-state index contributed by atoms with van der Waals surface area (Å²) in [5.74, 6) is -2.43. The molecular formula is C13H23F2NO. The van der Waals surface area contributed by atoms with Crippen LogP contribution in [0.5, 0.6) is 0 Å². The quantitative estimate of drug-likeness (QED) is 0.791. The maximum atomic E-state index is 12.9. The van der Waals surface area contributed by atoms with Crippen LogP contribution in [-0.2, 0) is 4.79 Å². The zero-order valence-corrected chi connectivity index (χ0v) is 10.8. The van der Waals surface area contributed by atoms with Crippen LogP contribution in [0.3, 0.4) is 0 Å². The maximum Gasteiger partial charge on any atom is 0.248 e. The van der Waals surface area contributed by atoms with Crippen molar-refractivity contribution in [1.82, 2.24) is 5.32 Å². The molecule has 1 rings (SSSR count). The molecule has 0 saturated heterocycles. The summed E-state index contributed by atoms with van der Waals surface area (Å²) in [6, 6.07) is -0.0481. The van der Waals surface area contributed by atoms with Crippen molar-refractivity contribution in [3.63, 3.8) is 0 Å². The van der Waals surface area contributed by atoms with E-state index in [0.717, 1.165) is 19.3 Å². The molecule has 100 valence electrons. The van der Waals surface area contributed by atoms with E-state index in [1.807, 2.05) is 6.92 Å². The lowest BCUT2D eigenvalue weighted by Gasteiger charge is -2.29. The first-order valence-corrected chi connectivity index (χ1v) is 6.66. The van der Waals surface area contributed by atoms with Gasteiger partial charge in [-0.2, -0.15) is 0 Å². The normalized spacial score (nSPS) is 22.1. The van der Waals surface area contributed by atoms with Gasteiger partial charge in [-0.1, -0.05) is 20.3 Å². The molecule has 1 saturated carbocycles. The van der Waals surface area contributed by atoms with E-state index >= 15 is 0 Å². The molecule has 2 nitrogen and oxygen atoms in total. The van der Waals surface area contributed by atoms with Gasteiger partial charge >= 0.3 is 0 Å². The topological polar surface area (TPSA) is 29.1 Å². The van der Waals surface area contributed by atoms with Gasteiger partial charge in [0.05, 0.1) is 0 Å². The van der Waals surface area contributed by atoms with Gasteiger partial charge in [-0.3, -0.25) is 4.79 Å². The molecule has 1 fully saturated rings. The third-order valence-electron chi connectivity index (χ3n) is 3.56. The van der Waals surface area contributed by atoms with Crippen LogP contribution in [0.15, 0.2) is 0 Å². The standard InChI is InChI=1S/C13H23F2NO/c1-3-5-10(4-2)12(17)16-11-6-8-13(14,15)9-7-11/h10-11H,3-9H2,1-2H3,(H,16,17). The fourth-order valence-corrected chi connectivity index (χ4v) is 2.37. The van der Waals surface area contributed by atoms with E-state index in [1.165, 1.54) is 0 Å². The summed E-state index contributed by atoms with van der Waals surface area (Å²) in [6.45, 7) is 4.05. The van der Waals surface area contributed by atoms with Gasteiger partial charge in [-0.15, -0.1) is 0 Å². The molecule has 0 aliphatic heterocycles. The molecule has 4 heteroatoms. The number of amides is 1. The minimum absolute atomic E-state index is 0.0439. The third kappa shape index (κ3) is 4.60. The van der Waals surface area contributed by atoms with Crippen LogP contribution in [0.25, 0.3) is 0 Å². The molecule has 1 aliphatic rings. The second-order valence-corrected chi connectivity index (χ2v) is 5.03. The van der Waals surface area contributed by atoms with E-state index in [2.05, 4.69) is 12.2 Å². The lowest BCUT2D eigenvalue weighted by molar-refractivity contribution is -0.127. The summed E-state index contributed by atoms with van der Waals surface area (Å²) in [6.07, 6.45) is 3.30. The van der Waals surface area contributed by atoms with Gasteiger partial charge in [0.25, 0.3) is 0 Å². The molecule has 0 heterocycles. The Labute approximate surface area is 102 Å². The van der Waals surface area contributed by atoms with Crippen molar-refractivity contribution >= 4 is 5.91 Å². The zero-order chi connectivity index (χ0) is 12.9. The van der Waals surface area contributed by atoms with Crippen molar-refractivity contribution in [3.8, 4) is 0 Å². The fourth-order valence-electron chi connectivity index (χ4n) is 2.37. The highest BCUT2D eigenvalue weighted by Crippen LogP contribution is 2.33. The van der Waals surface area contributed by atoms with Gasteiger partial charge < -0.3 is 5.32 Å². The minimum Gasteiger partial charge on any atom is -0.353 e. The van der Waals surface area contributed by atoms with Crippen LogP contribution in [0.2, 0.25) is 0 Å². The molecule has 0 radical (unpaired) electrons. The first-order valence-electron chi connectivity index (χ1n) is 6.66. The Bertz CT molecular complexity index is 246. The highest BCUT2D eigenvalue weighted by molar-refractivity contribution is 5.78. The Kier molecular flexibility index (Phi) is 5.34. The Morgan fingerprint density at radius 2 is 1.94 bits per heavy atom. The number of carbonyl (C=O) groups excluding carboxylic acids is 1. The molecule has 1 atom stereocenters. The maximum absolute atomic E-state index is 12.9. The van der Waals surface area contributed by atoms with Crippen molar-refractivity contribution in [1.29, 1.82) is 0 Å². The molecular weight excluding hydrogens is 224 g/mol. The number of alkyl halides is 2. The van der Waals surface area contributed by atoms with E-state index in [4.69, 9.17) is 0 Å². The zero-order valence-electron chi connectivity index (χ0n) is 10.8. The van der Waals surface area contributed by atoms with Gasteiger partial charge in [-0.25, -0.2) is 8.78 Å². The van der Waals surface area contributed by atoms with E-state index in [1.54, 1.807) is 0 Å². The van der Waals surface area contributed by atoms with Crippen LogP contribution in [-0.4, -0.2) is 17.9 Å². The number of hydrogen-bond donors (Lipinski definition) is 1. The SMILES string of the molecule is CCCC(CC)C(=O)NC1CCC(F)(F)CC1. The summed E-state index contributed by atoms with van der Waals surface area (Å²) in [7, 11) is 0. The average Bonchev–Trinajstić information content (AvgIpc) is 2.28. The number of rotatable bonds is 5. The second-order valence-electron chi connectivity index (χ2n) is 5.03. The smallest absolute Gasteiger partial charge is 0.248 e. The van der Waals surface area contributed by atoms with E-state index in [0.29, 0.717) is 12.8 Å². The largest absolute Gasteiger partial charge is 0.353 e. The van der Waals surface area contributed by atoms with Gasteiger partial charge in [0.1, 0.15) is 0 Å². The van der Waals surface area contributed by atoms with Gasteiger partial charge in [0.15, 0.2) is 0 Å². The Balaban J connectivity index is 2.36. The summed E-state index contributed by atoms with van der Waals surface area (Å²) in [5.41, 5.74) is 0. The van der Waals surface area contributed by atoms with Crippen molar-refractivity contribution in [2.45, 2.75) is 70.8 Å². The molecule has 17 heavy (non-hydrogen) atoms.